The van der Waals surface area contributed by atoms with E-state index in [1.54, 1.807) is 18.2 Å². The lowest BCUT2D eigenvalue weighted by Crippen LogP contribution is -2.13. The van der Waals surface area contributed by atoms with Gasteiger partial charge in [0.25, 0.3) is 5.91 Å². The molecule has 2 aromatic rings. The van der Waals surface area contributed by atoms with Gasteiger partial charge in [0.2, 0.25) is 5.95 Å². The fourth-order valence-electron chi connectivity index (χ4n) is 1.50. The highest BCUT2D eigenvalue weighted by atomic mass is 79.9. The van der Waals surface area contributed by atoms with Crippen LogP contribution in [0.3, 0.4) is 0 Å². The number of hydrogen-bond donors (Lipinski definition) is 1. The Hall–Kier alpha value is -1.95. The maximum Gasteiger partial charge on any atom is 0.259 e. The largest absolute Gasteiger partial charge is 0.496 e. The molecule has 1 heterocycles. The van der Waals surface area contributed by atoms with E-state index in [-0.39, 0.29) is 5.91 Å². The molecule has 0 atom stereocenters. The summed E-state index contributed by atoms with van der Waals surface area (Å²) in [6, 6.07) is 7.67. The van der Waals surface area contributed by atoms with Gasteiger partial charge in [0, 0.05) is 4.47 Å². The number of aromatic nitrogens is 1. The molecule has 2 rings (SSSR count). The topological polar surface area (TPSA) is 51.2 Å². The monoisotopic (exact) mass is 324 g/mol. The second-order valence-electron chi connectivity index (χ2n) is 3.67. The number of nitrogens with one attached hydrogen (secondary N) is 1. The number of ether oxygens (including phenoxy) is 1. The first-order valence-corrected chi connectivity index (χ1v) is 6.16. The smallest absolute Gasteiger partial charge is 0.259 e. The van der Waals surface area contributed by atoms with Gasteiger partial charge in [-0.25, -0.2) is 4.98 Å². The van der Waals surface area contributed by atoms with Gasteiger partial charge in [-0.05, 0) is 30.3 Å². The molecule has 0 fully saturated rings. The number of carbonyl (C=O) groups excluding carboxylic acids is 1. The lowest BCUT2D eigenvalue weighted by Gasteiger charge is -2.09. The normalized spacial score (nSPS) is 10.1. The van der Waals surface area contributed by atoms with Gasteiger partial charge >= 0.3 is 0 Å². The number of methoxy groups -OCH3 is 1. The zero-order valence-corrected chi connectivity index (χ0v) is 11.6. The van der Waals surface area contributed by atoms with E-state index < -0.39 is 5.95 Å². The second-order valence-corrected chi connectivity index (χ2v) is 4.58. The Labute approximate surface area is 117 Å². The summed E-state index contributed by atoms with van der Waals surface area (Å²) in [5.41, 5.74) is 0.798. The van der Waals surface area contributed by atoms with Crippen molar-refractivity contribution in [1.82, 2.24) is 4.98 Å². The molecule has 0 unspecified atom stereocenters. The third-order valence-corrected chi connectivity index (χ3v) is 2.89. The Morgan fingerprint density at radius 1 is 1.37 bits per heavy atom. The highest BCUT2D eigenvalue weighted by Gasteiger charge is 2.12. The molecule has 98 valence electrons. The van der Waals surface area contributed by atoms with Crippen LogP contribution >= 0.6 is 15.9 Å². The van der Waals surface area contributed by atoms with Crippen molar-refractivity contribution in [2.45, 2.75) is 0 Å². The summed E-state index contributed by atoms with van der Waals surface area (Å²) in [6.07, 6.45) is 1.25. The van der Waals surface area contributed by atoms with Crippen molar-refractivity contribution in [3.8, 4) is 5.75 Å². The summed E-state index contributed by atoms with van der Waals surface area (Å²) in [5.74, 6) is -0.501. The van der Waals surface area contributed by atoms with E-state index in [2.05, 4.69) is 26.2 Å². The van der Waals surface area contributed by atoms with Crippen LogP contribution in [0.15, 0.2) is 41.0 Å². The number of benzene rings is 1. The van der Waals surface area contributed by atoms with Crippen LogP contribution in [0, 0.1) is 5.95 Å². The van der Waals surface area contributed by atoms with Crippen molar-refractivity contribution in [2.75, 3.05) is 12.4 Å². The lowest BCUT2D eigenvalue weighted by atomic mass is 10.2. The molecule has 4 nitrogen and oxygen atoms in total. The average Bonchev–Trinajstić information content (AvgIpc) is 2.41. The summed E-state index contributed by atoms with van der Waals surface area (Å²) in [7, 11) is 1.48. The van der Waals surface area contributed by atoms with Gasteiger partial charge in [-0.1, -0.05) is 15.9 Å². The lowest BCUT2D eigenvalue weighted by molar-refractivity contribution is 0.102. The number of pyridine rings is 1. The number of carbonyl (C=O) groups is 1. The molecule has 6 heteroatoms. The van der Waals surface area contributed by atoms with E-state index in [1.807, 2.05) is 0 Å². The van der Waals surface area contributed by atoms with Crippen LogP contribution in [0.1, 0.15) is 10.4 Å². The van der Waals surface area contributed by atoms with E-state index in [9.17, 15) is 9.18 Å². The Morgan fingerprint density at radius 3 is 2.79 bits per heavy atom. The van der Waals surface area contributed by atoms with E-state index in [0.717, 1.165) is 4.47 Å². The molecule has 1 N–H and O–H groups in total. The summed E-state index contributed by atoms with van der Waals surface area (Å²) in [5, 5.41) is 2.62. The molecule has 0 aliphatic rings. The summed E-state index contributed by atoms with van der Waals surface area (Å²) >= 11 is 3.30. The molecule has 19 heavy (non-hydrogen) atoms. The Balaban J connectivity index is 2.22. The second kappa shape index (κ2) is 5.79. The molecular formula is C13H10BrFN2O2. The molecule has 0 aliphatic heterocycles. The minimum Gasteiger partial charge on any atom is -0.496 e. The summed E-state index contributed by atoms with van der Waals surface area (Å²) in [4.78, 5) is 15.5. The molecule has 0 spiro atoms. The Morgan fingerprint density at radius 2 is 2.16 bits per heavy atom. The fraction of sp³-hybridized carbons (Fsp3) is 0.0769. The third-order valence-electron chi connectivity index (χ3n) is 2.39. The van der Waals surface area contributed by atoms with Crippen LogP contribution in [0.25, 0.3) is 0 Å². The first-order valence-electron chi connectivity index (χ1n) is 5.36. The predicted molar refractivity (Wildman–Crippen MR) is 72.8 cm³/mol. The number of halogens is 2. The van der Waals surface area contributed by atoms with Gasteiger partial charge in [0.15, 0.2) is 0 Å². The first kappa shape index (κ1) is 13.5. The Bertz CT molecular complexity index is 602. The molecule has 0 saturated carbocycles. The van der Waals surface area contributed by atoms with E-state index in [0.29, 0.717) is 17.0 Å². The minimum absolute atomic E-state index is 0.349. The van der Waals surface area contributed by atoms with Crippen molar-refractivity contribution in [3.63, 3.8) is 0 Å². The maximum absolute atomic E-state index is 12.7. The van der Waals surface area contributed by atoms with Crippen molar-refractivity contribution in [1.29, 1.82) is 0 Å². The zero-order valence-electron chi connectivity index (χ0n) is 9.98. The van der Waals surface area contributed by atoms with Crippen LogP contribution < -0.4 is 10.1 Å². The predicted octanol–water partition coefficient (Wildman–Crippen LogP) is 3.24. The van der Waals surface area contributed by atoms with Crippen molar-refractivity contribution in [2.24, 2.45) is 0 Å². The third kappa shape index (κ3) is 3.29. The number of rotatable bonds is 3. The SMILES string of the molecule is COc1cc(Br)ccc1C(=O)Nc1ccc(F)nc1. The van der Waals surface area contributed by atoms with Crippen molar-refractivity contribution in [3.05, 3.63) is 52.5 Å². The van der Waals surface area contributed by atoms with Crippen LogP contribution in [0.4, 0.5) is 10.1 Å². The van der Waals surface area contributed by atoms with E-state index in [4.69, 9.17) is 4.74 Å². The van der Waals surface area contributed by atoms with Crippen LogP contribution in [0.2, 0.25) is 0 Å². The quantitative estimate of drug-likeness (QED) is 0.882. The molecular weight excluding hydrogens is 315 g/mol. The number of anilines is 1. The van der Waals surface area contributed by atoms with Gasteiger partial charge in [-0.2, -0.15) is 4.39 Å². The minimum atomic E-state index is -0.598. The van der Waals surface area contributed by atoms with Gasteiger partial charge in [0.1, 0.15) is 5.75 Å². The van der Waals surface area contributed by atoms with Crippen molar-refractivity contribution >= 4 is 27.5 Å². The average molecular weight is 325 g/mol. The standard InChI is InChI=1S/C13H10BrFN2O2/c1-19-11-6-8(14)2-4-10(11)13(18)17-9-3-5-12(15)16-7-9/h2-7H,1H3,(H,17,18). The molecule has 1 aromatic heterocycles. The zero-order chi connectivity index (χ0) is 13.8. The molecule has 0 radical (unpaired) electrons. The van der Waals surface area contributed by atoms with Gasteiger partial charge in [-0.15, -0.1) is 0 Å². The molecule has 0 aliphatic carbocycles. The van der Waals surface area contributed by atoms with Crippen LogP contribution in [-0.4, -0.2) is 18.0 Å². The summed E-state index contributed by atoms with van der Waals surface area (Å²) < 4.78 is 18.6. The fourth-order valence-corrected chi connectivity index (χ4v) is 1.84. The van der Waals surface area contributed by atoms with Crippen LogP contribution in [0.5, 0.6) is 5.75 Å². The number of hydrogen-bond acceptors (Lipinski definition) is 3. The van der Waals surface area contributed by atoms with E-state index >= 15 is 0 Å². The highest BCUT2D eigenvalue weighted by Crippen LogP contribution is 2.24. The molecule has 0 saturated heterocycles. The van der Waals surface area contributed by atoms with Crippen LogP contribution in [-0.2, 0) is 0 Å². The number of nitrogens with zero attached hydrogens (tertiary/aromatic N) is 1. The van der Waals surface area contributed by atoms with Gasteiger partial charge in [-0.3, -0.25) is 4.79 Å². The first-order chi connectivity index (χ1) is 9.10. The maximum atomic E-state index is 12.7. The molecule has 1 aromatic carbocycles. The van der Waals surface area contributed by atoms with Crippen molar-refractivity contribution < 1.29 is 13.9 Å². The number of amides is 1. The molecule has 0 bridgehead atoms. The Kier molecular flexibility index (Phi) is 4.11. The molecule has 1 amide bonds. The highest BCUT2D eigenvalue weighted by molar-refractivity contribution is 9.10. The van der Waals surface area contributed by atoms with E-state index in [1.165, 1.54) is 25.4 Å². The van der Waals surface area contributed by atoms with Gasteiger partial charge < -0.3 is 10.1 Å². The summed E-state index contributed by atoms with van der Waals surface area (Å²) in [6.45, 7) is 0. The van der Waals surface area contributed by atoms with Gasteiger partial charge in [0.05, 0.1) is 24.6 Å².